The fourth-order valence-corrected chi connectivity index (χ4v) is 7.12. The molecule has 9 heteroatoms. The predicted molar refractivity (Wildman–Crippen MR) is 306 cm³/mol. The largest absolute Gasteiger partial charge is 0.545 e. The highest BCUT2D eigenvalue weighted by atomic mass is 16.7. The van der Waals surface area contributed by atoms with E-state index in [1.54, 1.807) is 0 Å². The molecule has 73 heavy (non-hydrogen) atoms. The number of carboxylic acids is 1. The van der Waals surface area contributed by atoms with E-state index in [1.165, 1.54) is 64.2 Å². The number of rotatable bonds is 50. The molecule has 2 atom stereocenters. The highest BCUT2D eigenvalue weighted by molar-refractivity contribution is 5.70. The molecule has 0 spiro atoms. The third-order valence-electron chi connectivity index (χ3n) is 11.4. The minimum Gasteiger partial charge on any atom is -0.545 e. The Morgan fingerprint density at radius 3 is 1.15 bits per heavy atom. The van der Waals surface area contributed by atoms with Crippen molar-refractivity contribution in [3.63, 3.8) is 0 Å². The predicted octanol–water partition coefficient (Wildman–Crippen LogP) is 15.3. The summed E-state index contributed by atoms with van der Waals surface area (Å²) in [6.45, 7) is 4.41. The van der Waals surface area contributed by atoms with Crippen LogP contribution in [0, 0.1) is 0 Å². The zero-order valence-corrected chi connectivity index (χ0v) is 46.7. The zero-order chi connectivity index (χ0) is 53.4. The molecule has 0 aliphatic rings. The lowest BCUT2D eigenvalue weighted by atomic mass is 10.0. The van der Waals surface area contributed by atoms with Gasteiger partial charge < -0.3 is 33.3 Å². The van der Waals surface area contributed by atoms with Gasteiger partial charge in [-0.1, -0.05) is 218 Å². The molecule has 9 nitrogen and oxygen atoms in total. The van der Waals surface area contributed by atoms with Gasteiger partial charge in [-0.15, -0.1) is 0 Å². The van der Waals surface area contributed by atoms with Gasteiger partial charge in [-0.05, 0) is 96.3 Å². The minimum absolute atomic E-state index is 0.115. The van der Waals surface area contributed by atoms with Gasteiger partial charge in [0.15, 0.2) is 12.4 Å². The summed E-state index contributed by atoms with van der Waals surface area (Å²) in [6, 6.07) is 0. The van der Waals surface area contributed by atoms with Crippen LogP contribution in [0.3, 0.4) is 0 Å². The molecule has 0 amide bonds. The van der Waals surface area contributed by atoms with Crippen LogP contribution in [0.25, 0.3) is 0 Å². The number of aliphatic carboxylic acids is 1. The number of carbonyl (C=O) groups is 3. The molecule has 0 N–H and O–H groups in total. The van der Waals surface area contributed by atoms with Crippen LogP contribution in [0.15, 0.2) is 134 Å². The van der Waals surface area contributed by atoms with Gasteiger partial charge in [0.05, 0.1) is 40.3 Å². The van der Waals surface area contributed by atoms with Gasteiger partial charge in [-0.25, -0.2) is 0 Å². The van der Waals surface area contributed by atoms with Crippen molar-refractivity contribution in [3.05, 3.63) is 134 Å². The maximum absolute atomic E-state index is 12.8. The van der Waals surface area contributed by atoms with Crippen LogP contribution in [-0.2, 0) is 33.3 Å². The smallest absolute Gasteiger partial charge is 0.306 e. The van der Waals surface area contributed by atoms with Gasteiger partial charge in [0.25, 0.3) is 0 Å². The van der Waals surface area contributed by atoms with Crippen molar-refractivity contribution in [1.82, 2.24) is 0 Å². The normalized spacial score (nSPS) is 13.8. The fourth-order valence-electron chi connectivity index (χ4n) is 7.12. The SMILES string of the molecule is CC/C=C\C/C=C\C/C=C\C/C=C\C/C=C\C/C=C\CCC(=O)OC(COC(=O)CCCCCCCCCCCCCCC/C=C\C/C=C\C/C=C\C/C=C\C/C=C\CC)COC(OCC[N+](C)(C)C)C(=O)[O-]. The molecule has 0 heterocycles. The Hall–Kier alpha value is -4.57. The fraction of sp³-hybridized carbons (Fsp3) is 0.609. The Morgan fingerprint density at radius 1 is 0.411 bits per heavy atom. The summed E-state index contributed by atoms with van der Waals surface area (Å²) in [4.78, 5) is 37.2. The summed E-state index contributed by atoms with van der Waals surface area (Å²) < 4.78 is 22.6. The monoisotopic (exact) mass is 1010 g/mol. The highest BCUT2D eigenvalue weighted by Crippen LogP contribution is 2.14. The van der Waals surface area contributed by atoms with Crippen LogP contribution in [0.4, 0.5) is 0 Å². The molecule has 0 aliphatic carbocycles. The topological polar surface area (TPSA) is 111 Å². The third-order valence-corrected chi connectivity index (χ3v) is 11.4. The molecule has 0 aliphatic heterocycles. The van der Waals surface area contributed by atoms with Crippen molar-refractivity contribution < 1.29 is 42.9 Å². The van der Waals surface area contributed by atoms with Gasteiger partial charge in [-0.2, -0.15) is 0 Å². The summed E-state index contributed by atoms with van der Waals surface area (Å²) >= 11 is 0. The van der Waals surface area contributed by atoms with Crippen LogP contribution in [0.2, 0.25) is 0 Å². The van der Waals surface area contributed by atoms with Gasteiger partial charge in [0.2, 0.25) is 0 Å². The molecule has 2 unspecified atom stereocenters. The average Bonchev–Trinajstić information content (AvgIpc) is 3.36. The number of nitrogens with zero attached hydrogens (tertiary/aromatic N) is 1. The Bertz CT molecular complexity index is 1650. The second kappa shape index (κ2) is 53.7. The zero-order valence-electron chi connectivity index (χ0n) is 46.7. The maximum Gasteiger partial charge on any atom is 0.306 e. The van der Waals surface area contributed by atoms with Crippen LogP contribution in [0.5, 0.6) is 0 Å². The van der Waals surface area contributed by atoms with Crippen molar-refractivity contribution in [2.45, 2.75) is 206 Å². The second-order valence-corrected chi connectivity index (χ2v) is 19.5. The van der Waals surface area contributed by atoms with Crippen molar-refractivity contribution in [1.29, 1.82) is 0 Å². The molecule has 412 valence electrons. The van der Waals surface area contributed by atoms with Gasteiger partial charge in [-0.3, -0.25) is 9.59 Å². The number of carboxylic acid groups (broad SMARTS) is 1. The molecular weight excluding hydrogens is 911 g/mol. The molecule has 0 fully saturated rings. The van der Waals surface area contributed by atoms with Crippen LogP contribution in [-0.4, -0.2) is 82.3 Å². The van der Waals surface area contributed by atoms with E-state index < -0.39 is 24.3 Å². The molecule has 0 aromatic rings. The van der Waals surface area contributed by atoms with E-state index in [1.807, 2.05) is 33.3 Å². The first kappa shape index (κ1) is 68.4. The number of likely N-dealkylation sites (N-methyl/N-ethyl adjacent to an activating group) is 1. The molecule has 0 radical (unpaired) electrons. The lowest BCUT2D eigenvalue weighted by Gasteiger charge is -2.26. The lowest BCUT2D eigenvalue weighted by molar-refractivity contribution is -0.870. The van der Waals surface area contributed by atoms with Gasteiger partial charge in [0.1, 0.15) is 13.2 Å². The molecular formula is C64H103NO8. The Morgan fingerprint density at radius 2 is 0.767 bits per heavy atom. The Balaban J connectivity index is 4.32. The van der Waals surface area contributed by atoms with E-state index in [0.29, 0.717) is 17.4 Å². The number of ether oxygens (including phenoxy) is 4. The quantitative estimate of drug-likeness (QED) is 0.0195. The van der Waals surface area contributed by atoms with Crippen LogP contribution >= 0.6 is 0 Å². The van der Waals surface area contributed by atoms with Crippen molar-refractivity contribution in [2.24, 2.45) is 0 Å². The second-order valence-electron chi connectivity index (χ2n) is 19.5. The summed E-state index contributed by atoms with van der Waals surface area (Å²) in [7, 11) is 5.88. The first-order valence-corrected chi connectivity index (χ1v) is 28.3. The third kappa shape index (κ3) is 55.0. The molecule has 0 saturated carbocycles. The van der Waals surface area contributed by atoms with Crippen molar-refractivity contribution in [2.75, 3.05) is 47.5 Å². The maximum atomic E-state index is 12.8. The summed E-state index contributed by atoms with van der Waals surface area (Å²) in [5, 5.41) is 11.8. The van der Waals surface area contributed by atoms with E-state index in [4.69, 9.17) is 18.9 Å². The highest BCUT2D eigenvalue weighted by Gasteiger charge is 2.21. The number of carbonyl (C=O) groups excluding carboxylic acids is 3. The van der Waals surface area contributed by atoms with Gasteiger partial charge >= 0.3 is 11.9 Å². The van der Waals surface area contributed by atoms with Crippen molar-refractivity contribution in [3.8, 4) is 0 Å². The van der Waals surface area contributed by atoms with E-state index in [9.17, 15) is 19.5 Å². The first-order valence-electron chi connectivity index (χ1n) is 28.3. The number of unbranched alkanes of at least 4 members (excludes halogenated alkanes) is 13. The first-order chi connectivity index (χ1) is 35.6. The average molecular weight is 1010 g/mol. The Labute approximate surface area is 446 Å². The molecule has 0 bridgehead atoms. The number of hydrogen-bond acceptors (Lipinski definition) is 8. The van der Waals surface area contributed by atoms with Crippen LogP contribution < -0.4 is 5.11 Å². The van der Waals surface area contributed by atoms with E-state index in [2.05, 4.69) is 135 Å². The van der Waals surface area contributed by atoms with Crippen molar-refractivity contribution >= 4 is 17.9 Å². The number of hydrogen-bond donors (Lipinski definition) is 0. The van der Waals surface area contributed by atoms with Crippen LogP contribution in [0.1, 0.15) is 194 Å². The number of esters is 2. The van der Waals surface area contributed by atoms with E-state index in [-0.39, 0.29) is 38.6 Å². The van der Waals surface area contributed by atoms with E-state index >= 15 is 0 Å². The Kier molecular flexibility index (Phi) is 50.4. The number of quaternary nitrogens is 1. The molecule has 0 aromatic carbocycles. The summed E-state index contributed by atoms with van der Waals surface area (Å²) in [5.74, 6) is -2.41. The summed E-state index contributed by atoms with van der Waals surface area (Å²) in [5.41, 5.74) is 0. The van der Waals surface area contributed by atoms with Gasteiger partial charge in [0, 0.05) is 12.8 Å². The standard InChI is InChI=1S/C64H103NO8/c1-6-8-10-12-14-16-18-20-22-24-26-27-28-29-30-31-32-33-34-35-37-38-40-42-44-46-48-50-52-54-61(66)71-58-60(59-72-64(63(68)69)70-57-56-65(3,4)5)73-62(67)55-53-51-49-47-45-43-41-39-36-25-23-21-19-17-15-13-11-9-7-2/h8-11,14-17,20-23,26-27,29-30,36,39,43,45,49,51,60,64H,6-7,12-13,18-19,24-25,28,31-35,37-38,40-42,44,46-48,50,52-59H2,1-5H3/b10-8-,11-9-,16-14-,17-15-,22-20-,23-21-,27-26-,30-29-,39-36-,45-43-,51-49-. The lowest BCUT2D eigenvalue weighted by Crippen LogP contribution is -2.44. The minimum atomic E-state index is -1.65. The van der Waals surface area contributed by atoms with E-state index in [0.717, 1.165) is 96.3 Å². The number of allylic oxidation sites excluding steroid dienone is 22. The molecule has 0 rings (SSSR count). The molecule has 0 aromatic heterocycles. The summed E-state index contributed by atoms with van der Waals surface area (Å²) in [6.07, 6.45) is 73.7. The molecule has 0 saturated heterocycles.